The Labute approximate surface area is 176 Å². The van der Waals surface area contributed by atoms with Crippen molar-refractivity contribution in [3.63, 3.8) is 0 Å². The van der Waals surface area contributed by atoms with Crippen LogP contribution in [0, 0.1) is 13.8 Å². The van der Waals surface area contributed by atoms with Crippen molar-refractivity contribution < 1.29 is 14.4 Å². The standard InChI is InChI=1S/C22H26ClN3O3/c1-15-11-16(2)22(19(23)12-15)26-20(27)13-24-29-14-21(28)25-17(3)9-10-18-7-5-4-6-8-18/h4-8,11-13,17H,9-10,14H2,1-3H3,(H,25,28)(H,26,27)/b24-13-/t17-/m1/s1. The zero-order valence-corrected chi connectivity index (χ0v) is 17.6. The lowest BCUT2D eigenvalue weighted by atomic mass is 10.1. The van der Waals surface area contributed by atoms with Crippen LogP contribution in [0.25, 0.3) is 0 Å². The molecule has 0 aliphatic carbocycles. The Morgan fingerprint density at radius 1 is 1.21 bits per heavy atom. The summed E-state index contributed by atoms with van der Waals surface area (Å²) in [6, 6.07) is 13.8. The van der Waals surface area contributed by atoms with Crippen molar-refractivity contribution in [3.8, 4) is 0 Å². The van der Waals surface area contributed by atoms with E-state index in [1.807, 2.05) is 45.0 Å². The van der Waals surface area contributed by atoms with E-state index in [1.165, 1.54) is 5.56 Å². The minimum absolute atomic E-state index is 0.00485. The molecule has 0 spiro atoms. The third-order valence-electron chi connectivity index (χ3n) is 4.24. The van der Waals surface area contributed by atoms with E-state index >= 15 is 0 Å². The number of anilines is 1. The van der Waals surface area contributed by atoms with E-state index in [2.05, 4.69) is 27.9 Å². The van der Waals surface area contributed by atoms with E-state index in [4.69, 9.17) is 16.4 Å². The highest BCUT2D eigenvalue weighted by Crippen LogP contribution is 2.27. The lowest BCUT2D eigenvalue weighted by Crippen LogP contribution is -2.35. The second-order valence-electron chi connectivity index (χ2n) is 6.93. The Bertz CT molecular complexity index is 846. The molecule has 0 fully saturated rings. The summed E-state index contributed by atoms with van der Waals surface area (Å²) < 4.78 is 0. The van der Waals surface area contributed by atoms with Gasteiger partial charge in [0.2, 0.25) is 0 Å². The molecule has 29 heavy (non-hydrogen) atoms. The SMILES string of the molecule is Cc1cc(C)c(NC(=O)/C=N\OCC(=O)N[C@H](C)CCc2ccccc2)c(Cl)c1. The van der Waals surface area contributed by atoms with Crippen LogP contribution < -0.4 is 10.6 Å². The minimum Gasteiger partial charge on any atom is -0.386 e. The average molecular weight is 416 g/mol. The molecule has 2 amide bonds. The van der Waals surface area contributed by atoms with E-state index in [9.17, 15) is 9.59 Å². The van der Waals surface area contributed by atoms with E-state index in [-0.39, 0.29) is 18.6 Å². The summed E-state index contributed by atoms with van der Waals surface area (Å²) in [5.74, 6) is -0.781. The van der Waals surface area contributed by atoms with Crippen LogP contribution in [-0.4, -0.2) is 30.7 Å². The van der Waals surface area contributed by atoms with Crippen molar-refractivity contribution in [2.75, 3.05) is 11.9 Å². The monoisotopic (exact) mass is 415 g/mol. The van der Waals surface area contributed by atoms with Gasteiger partial charge in [-0.3, -0.25) is 9.59 Å². The molecule has 2 aromatic rings. The van der Waals surface area contributed by atoms with Crippen LogP contribution in [-0.2, 0) is 20.8 Å². The second-order valence-corrected chi connectivity index (χ2v) is 7.34. The maximum Gasteiger partial charge on any atom is 0.270 e. The highest BCUT2D eigenvalue weighted by Gasteiger charge is 2.10. The highest BCUT2D eigenvalue weighted by molar-refractivity contribution is 6.37. The van der Waals surface area contributed by atoms with Crippen molar-refractivity contribution in [2.24, 2.45) is 5.16 Å². The predicted octanol–water partition coefficient (Wildman–Crippen LogP) is 4.04. The number of amides is 2. The molecule has 7 heteroatoms. The number of hydrogen-bond donors (Lipinski definition) is 2. The van der Waals surface area contributed by atoms with E-state index in [1.54, 1.807) is 6.07 Å². The molecule has 2 rings (SSSR count). The van der Waals surface area contributed by atoms with E-state index in [0.717, 1.165) is 30.2 Å². The van der Waals surface area contributed by atoms with Gasteiger partial charge in [0.05, 0.1) is 10.7 Å². The quantitative estimate of drug-likeness (QED) is 0.479. The first-order valence-electron chi connectivity index (χ1n) is 9.41. The molecule has 2 aromatic carbocycles. The molecule has 6 nitrogen and oxygen atoms in total. The first-order chi connectivity index (χ1) is 13.8. The van der Waals surface area contributed by atoms with Gasteiger partial charge in [-0.05, 0) is 56.4 Å². The van der Waals surface area contributed by atoms with Gasteiger partial charge < -0.3 is 15.5 Å². The molecule has 0 bridgehead atoms. The molecule has 0 radical (unpaired) electrons. The Morgan fingerprint density at radius 2 is 1.93 bits per heavy atom. The fourth-order valence-electron chi connectivity index (χ4n) is 2.83. The number of benzene rings is 2. The van der Waals surface area contributed by atoms with Crippen LogP contribution in [0.5, 0.6) is 0 Å². The molecule has 0 aliphatic heterocycles. The third kappa shape index (κ3) is 7.95. The van der Waals surface area contributed by atoms with Gasteiger partial charge in [0, 0.05) is 6.04 Å². The maximum atomic E-state index is 11.9. The van der Waals surface area contributed by atoms with Crippen LogP contribution in [0.2, 0.25) is 5.02 Å². The predicted molar refractivity (Wildman–Crippen MR) is 116 cm³/mol. The van der Waals surface area contributed by atoms with Gasteiger partial charge >= 0.3 is 0 Å². The molecule has 0 aromatic heterocycles. The van der Waals surface area contributed by atoms with Crippen molar-refractivity contribution >= 4 is 35.3 Å². The summed E-state index contributed by atoms with van der Waals surface area (Å²) >= 11 is 6.15. The summed E-state index contributed by atoms with van der Waals surface area (Å²) in [5, 5.41) is 9.50. The summed E-state index contributed by atoms with van der Waals surface area (Å²) in [7, 11) is 0. The van der Waals surface area contributed by atoms with Crippen molar-refractivity contribution in [3.05, 3.63) is 64.2 Å². The van der Waals surface area contributed by atoms with Gasteiger partial charge in [-0.25, -0.2) is 0 Å². The van der Waals surface area contributed by atoms with Crippen LogP contribution in [0.15, 0.2) is 47.6 Å². The first kappa shape index (κ1) is 22.4. The first-order valence-corrected chi connectivity index (χ1v) is 9.79. The van der Waals surface area contributed by atoms with E-state index in [0.29, 0.717) is 10.7 Å². The van der Waals surface area contributed by atoms with Gasteiger partial charge in [-0.15, -0.1) is 0 Å². The molecule has 0 aliphatic rings. The number of hydrogen-bond acceptors (Lipinski definition) is 4. The Balaban J connectivity index is 1.69. The fraction of sp³-hybridized carbons (Fsp3) is 0.318. The zero-order valence-electron chi connectivity index (χ0n) is 16.9. The van der Waals surface area contributed by atoms with Gasteiger partial charge in [0.1, 0.15) is 6.21 Å². The lowest BCUT2D eigenvalue weighted by Gasteiger charge is -2.13. The van der Waals surface area contributed by atoms with Crippen LogP contribution in [0.4, 0.5) is 5.69 Å². The lowest BCUT2D eigenvalue weighted by molar-refractivity contribution is -0.126. The molecule has 1 atom stereocenters. The second kappa shape index (κ2) is 11.2. The fourth-order valence-corrected chi connectivity index (χ4v) is 3.20. The van der Waals surface area contributed by atoms with Gasteiger partial charge in [0.15, 0.2) is 6.61 Å². The summed E-state index contributed by atoms with van der Waals surface area (Å²) in [4.78, 5) is 28.7. The van der Waals surface area contributed by atoms with Crippen molar-refractivity contribution in [1.29, 1.82) is 0 Å². The average Bonchev–Trinajstić information content (AvgIpc) is 2.67. The number of carbonyl (C=O) groups excluding carboxylic acids is 2. The topological polar surface area (TPSA) is 79.8 Å². The van der Waals surface area contributed by atoms with Gasteiger partial charge in [0.25, 0.3) is 11.8 Å². The van der Waals surface area contributed by atoms with Crippen molar-refractivity contribution in [2.45, 2.75) is 39.7 Å². The van der Waals surface area contributed by atoms with E-state index < -0.39 is 5.91 Å². The molecule has 0 saturated heterocycles. The molecule has 2 N–H and O–H groups in total. The van der Waals surface area contributed by atoms with Gasteiger partial charge in [-0.2, -0.15) is 0 Å². The Kier molecular flexibility index (Phi) is 8.68. The largest absolute Gasteiger partial charge is 0.386 e. The molecule has 0 saturated carbocycles. The maximum absolute atomic E-state index is 11.9. The third-order valence-corrected chi connectivity index (χ3v) is 4.53. The number of nitrogens with zero attached hydrogens (tertiary/aromatic N) is 1. The Morgan fingerprint density at radius 3 is 2.62 bits per heavy atom. The minimum atomic E-state index is -0.490. The number of nitrogens with one attached hydrogen (secondary N) is 2. The Hall–Kier alpha value is -2.86. The summed E-state index contributed by atoms with van der Waals surface area (Å²) in [6.07, 6.45) is 2.67. The van der Waals surface area contributed by atoms with Crippen molar-refractivity contribution in [1.82, 2.24) is 5.32 Å². The number of halogens is 1. The molecule has 0 unspecified atom stereocenters. The zero-order chi connectivity index (χ0) is 21.2. The number of oxime groups is 1. The molecule has 0 heterocycles. The number of carbonyl (C=O) groups is 2. The molecular formula is C22H26ClN3O3. The summed E-state index contributed by atoms with van der Waals surface area (Å²) in [5.41, 5.74) is 3.61. The normalized spacial score (nSPS) is 11.9. The number of rotatable bonds is 9. The molecule has 154 valence electrons. The van der Waals surface area contributed by atoms with Gasteiger partial charge in [-0.1, -0.05) is 53.2 Å². The van der Waals surface area contributed by atoms with Crippen LogP contribution in [0.1, 0.15) is 30.0 Å². The van der Waals surface area contributed by atoms with Crippen LogP contribution >= 0.6 is 11.6 Å². The smallest absolute Gasteiger partial charge is 0.270 e. The highest BCUT2D eigenvalue weighted by atomic mass is 35.5. The van der Waals surface area contributed by atoms with Crippen LogP contribution in [0.3, 0.4) is 0 Å². The number of aryl methyl sites for hydroxylation is 3. The molecular weight excluding hydrogens is 390 g/mol. The summed E-state index contributed by atoms with van der Waals surface area (Å²) in [6.45, 7) is 5.45.